The number of aliphatic carboxylic acids is 1. The van der Waals surface area contributed by atoms with Crippen molar-refractivity contribution < 1.29 is 9.90 Å². The van der Waals surface area contributed by atoms with Crippen molar-refractivity contribution in [1.29, 1.82) is 0 Å². The second kappa shape index (κ2) is 3.07. The SMILES string of the molecule is CC(C(=O)O)[C@H](C)Br. The summed E-state index contributed by atoms with van der Waals surface area (Å²) in [6, 6.07) is 0. The average Bonchev–Trinajstić information content (AvgIpc) is 1.64. The molecule has 0 saturated carbocycles. The van der Waals surface area contributed by atoms with Gasteiger partial charge in [-0.1, -0.05) is 29.8 Å². The van der Waals surface area contributed by atoms with E-state index in [9.17, 15) is 4.79 Å². The van der Waals surface area contributed by atoms with Crippen LogP contribution in [-0.4, -0.2) is 15.9 Å². The Balaban J connectivity index is 3.64. The van der Waals surface area contributed by atoms with Crippen LogP contribution in [0.3, 0.4) is 0 Å². The number of hydrogen-bond donors (Lipinski definition) is 1. The first-order chi connectivity index (χ1) is 3.55. The predicted octanol–water partition coefficient (Wildman–Crippen LogP) is 1.49. The number of carboxylic acids is 1. The molecule has 1 unspecified atom stereocenters. The van der Waals surface area contributed by atoms with Crippen LogP contribution in [0.15, 0.2) is 0 Å². The highest BCUT2D eigenvalue weighted by molar-refractivity contribution is 9.09. The number of alkyl halides is 1. The molecule has 0 bridgehead atoms. The molecule has 0 aromatic rings. The lowest BCUT2D eigenvalue weighted by Gasteiger charge is -2.05. The molecule has 0 amide bonds. The molecule has 0 saturated heterocycles. The molecule has 0 aromatic carbocycles. The fourth-order valence-corrected chi connectivity index (χ4v) is 0.423. The third kappa shape index (κ3) is 2.31. The third-order valence-corrected chi connectivity index (χ3v) is 1.87. The number of carbonyl (C=O) groups is 1. The van der Waals surface area contributed by atoms with Crippen molar-refractivity contribution >= 4 is 21.9 Å². The van der Waals surface area contributed by atoms with Crippen molar-refractivity contribution in [3.63, 3.8) is 0 Å². The summed E-state index contributed by atoms with van der Waals surface area (Å²) >= 11 is 3.16. The summed E-state index contributed by atoms with van der Waals surface area (Å²) in [5.41, 5.74) is 0. The molecule has 8 heavy (non-hydrogen) atoms. The van der Waals surface area contributed by atoms with Gasteiger partial charge < -0.3 is 5.11 Å². The summed E-state index contributed by atoms with van der Waals surface area (Å²) in [4.78, 5) is 10.2. The minimum absolute atomic E-state index is 0.0556. The lowest BCUT2D eigenvalue weighted by molar-refractivity contribution is -0.140. The van der Waals surface area contributed by atoms with Crippen molar-refractivity contribution in [3.8, 4) is 0 Å². The summed E-state index contributed by atoms with van der Waals surface area (Å²) in [5, 5.41) is 8.32. The maximum Gasteiger partial charge on any atom is 0.307 e. The number of hydrogen-bond acceptors (Lipinski definition) is 1. The minimum Gasteiger partial charge on any atom is -0.481 e. The zero-order valence-electron chi connectivity index (χ0n) is 4.89. The summed E-state index contributed by atoms with van der Waals surface area (Å²) < 4.78 is 0. The van der Waals surface area contributed by atoms with Crippen molar-refractivity contribution in [2.24, 2.45) is 5.92 Å². The summed E-state index contributed by atoms with van der Waals surface area (Å²) in [5.74, 6) is -1.05. The molecule has 0 aliphatic carbocycles. The number of halogens is 1. The maximum absolute atomic E-state index is 10.1. The van der Waals surface area contributed by atoms with Crippen LogP contribution in [0.25, 0.3) is 0 Å². The molecule has 1 N–H and O–H groups in total. The normalized spacial score (nSPS) is 17.4. The molecule has 2 nitrogen and oxygen atoms in total. The average molecular weight is 181 g/mol. The fourth-order valence-electron chi connectivity index (χ4n) is 0.196. The molecular weight excluding hydrogens is 172 g/mol. The molecule has 0 radical (unpaired) electrons. The van der Waals surface area contributed by atoms with E-state index in [0.717, 1.165) is 0 Å². The molecule has 3 heteroatoms. The van der Waals surface area contributed by atoms with E-state index >= 15 is 0 Å². The van der Waals surface area contributed by atoms with Crippen LogP contribution in [0.2, 0.25) is 0 Å². The Labute approximate surface area is 57.0 Å². The van der Waals surface area contributed by atoms with Crippen LogP contribution < -0.4 is 0 Å². The van der Waals surface area contributed by atoms with E-state index in [-0.39, 0.29) is 10.7 Å². The highest BCUT2D eigenvalue weighted by atomic mass is 79.9. The zero-order valence-corrected chi connectivity index (χ0v) is 6.47. The molecule has 0 spiro atoms. The largest absolute Gasteiger partial charge is 0.481 e. The van der Waals surface area contributed by atoms with Crippen LogP contribution in [0, 0.1) is 5.92 Å². The van der Waals surface area contributed by atoms with E-state index in [2.05, 4.69) is 15.9 Å². The topological polar surface area (TPSA) is 37.3 Å². The van der Waals surface area contributed by atoms with E-state index in [4.69, 9.17) is 5.11 Å². The first-order valence-electron chi connectivity index (χ1n) is 2.42. The van der Waals surface area contributed by atoms with Crippen LogP contribution in [0.5, 0.6) is 0 Å². The van der Waals surface area contributed by atoms with Gasteiger partial charge in [-0.3, -0.25) is 4.79 Å². The number of rotatable bonds is 2. The molecule has 0 aliphatic rings. The van der Waals surface area contributed by atoms with Crippen molar-refractivity contribution in [3.05, 3.63) is 0 Å². The van der Waals surface area contributed by atoms with Crippen molar-refractivity contribution in [2.45, 2.75) is 18.7 Å². The maximum atomic E-state index is 10.1. The Morgan fingerprint density at radius 3 is 2.00 bits per heavy atom. The fraction of sp³-hybridized carbons (Fsp3) is 0.800. The molecular formula is C5H9BrO2. The van der Waals surface area contributed by atoms with Gasteiger partial charge >= 0.3 is 5.97 Å². The van der Waals surface area contributed by atoms with Gasteiger partial charge in [0.25, 0.3) is 0 Å². The highest BCUT2D eigenvalue weighted by Gasteiger charge is 2.15. The molecule has 48 valence electrons. The van der Waals surface area contributed by atoms with Crippen LogP contribution >= 0.6 is 15.9 Å². The molecule has 0 rings (SSSR count). The van der Waals surface area contributed by atoms with Gasteiger partial charge in [0.05, 0.1) is 5.92 Å². The Morgan fingerprint density at radius 2 is 2.00 bits per heavy atom. The monoisotopic (exact) mass is 180 g/mol. The Kier molecular flexibility index (Phi) is 3.05. The first-order valence-corrected chi connectivity index (χ1v) is 3.34. The first kappa shape index (κ1) is 7.95. The quantitative estimate of drug-likeness (QED) is 0.655. The lowest BCUT2D eigenvalue weighted by Crippen LogP contribution is -2.17. The smallest absolute Gasteiger partial charge is 0.307 e. The van der Waals surface area contributed by atoms with Gasteiger partial charge in [0, 0.05) is 4.83 Å². The van der Waals surface area contributed by atoms with E-state index in [1.165, 1.54) is 0 Å². The van der Waals surface area contributed by atoms with Crippen molar-refractivity contribution in [2.75, 3.05) is 0 Å². The van der Waals surface area contributed by atoms with Crippen LogP contribution in [0.1, 0.15) is 13.8 Å². The van der Waals surface area contributed by atoms with Crippen molar-refractivity contribution in [1.82, 2.24) is 0 Å². The van der Waals surface area contributed by atoms with Gasteiger partial charge in [0.2, 0.25) is 0 Å². The Hall–Kier alpha value is -0.0500. The highest BCUT2D eigenvalue weighted by Crippen LogP contribution is 2.10. The molecule has 0 aromatic heterocycles. The van der Waals surface area contributed by atoms with Gasteiger partial charge in [-0.15, -0.1) is 0 Å². The second-order valence-electron chi connectivity index (χ2n) is 1.80. The van der Waals surface area contributed by atoms with Gasteiger partial charge in [0.1, 0.15) is 0 Å². The molecule has 2 atom stereocenters. The summed E-state index contributed by atoms with van der Waals surface area (Å²) in [6.07, 6.45) is 0. The van der Waals surface area contributed by atoms with E-state index < -0.39 is 5.97 Å². The Morgan fingerprint density at radius 1 is 1.62 bits per heavy atom. The second-order valence-corrected chi connectivity index (χ2v) is 3.25. The molecule has 0 heterocycles. The van der Waals surface area contributed by atoms with Gasteiger partial charge in [0.15, 0.2) is 0 Å². The van der Waals surface area contributed by atoms with E-state index in [1.54, 1.807) is 6.92 Å². The zero-order chi connectivity index (χ0) is 6.73. The Bertz CT molecular complexity index is 90.4. The summed E-state index contributed by atoms with van der Waals surface area (Å²) in [6.45, 7) is 3.49. The van der Waals surface area contributed by atoms with Gasteiger partial charge in [-0.25, -0.2) is 0 Å². The van der Waals surface area contributed by atoms with Gasteiger partial charge in [-0.05, 0) is 0 Å². The predicted molar refractivity (Wildman–Crippen MR) is 35.2 cm³/mol. The van der Waals surface area contributed by atoms with E-state index in [0.29, 0.717) is 0 Å². The summed E-state index contributed by atoms with van der Waals surface area (Å²) in [7, 11) is 0. The number of carboxylic acid groups (broad SMARTS) is 1. The molecule has 0 fully saturated rings. The minimum atomic E-state index is -0.755. The standard InChI is InChI=1S/C5H9BrO2/c1-3(4(2)6)5(7)8/h3-4H,1-2H3,(H,7,8)/t3?,4-/m0/s1. The lowest BCUT2D eigenvalue weighted by atomic mass is 10.1. The third-order valence-electron chi connectivity index (χ3n) is 1.08. The van der Waals surface area contributed by atoms with Gasteiger partial charge in [-0.2, -0.15) is 0 Å². The van der Waals surface area contributed by atoms with Crippen LogP contribution in [0.4, 0.5) is 0 Å². The van der Waals surface area contributed by atoms with E-state index in [1.807, 2.05) is 6.92 Å². The molecule has 0 aliphatic heterocycles. The van der Waals surface area contributed by atoms with Crippen LogP contribution in [-0.2, 0) is 4.79 Å².